The number of hydrogen-bond acceptors (Lipinski definition) is 3. The van der Waals surface area contributed by atoms with E-state index in [4.69, 9.17) is 16.8 Å². The summed E-state index contributed by atoms with van der Waals surface area (Å²) in [6.07, 6.45) is 3.10. The monoisotopic (exact) mass is 201 g/mol. The second-order valence-electron chi connectivity index (χ2n) is 3.78. The molecule has 1 aromatic heterocycles. The van der Waals surface area contributed by atoms with Crippen LogP contribution in [0.5, 0.6) is 0 Å². The van der Waals surface area contributed by atoms with E-state index in [-0.39, 0.29) is 5.41 Å². The van der Waals surface area contributed by atoms with Crippen molar-refractivity contribution in [3.8, 4) is 0 Å². The van der Waals surface area contributed by atoms with Gasteiger partial charge in [-0.05, 0) is 0 Å². The Morgan fingerprint density at radius 3 is 2.54 bits per heavy atom. The van der Waals surface area contributed by atoms with Crippen molar-refractivity contribution in [1.82, 2.24) is 9.78 Å². The molecule has 1 rings (SSSR count). The van der Waals surface area contributed by atoms with Crippen molar-refractivity contribution in [3.63, 3.8) is 0 Å². The summed E-state index contributed by atoms with van der Waals surface area (Å²) < 4.78 is 1.46. The van der Waals surface area contributed by atoms with Crippen molar-refractivity contribution >= 4 is 17.4 Å². The lowest BCUT2D eigenvalue weighted by molar-refractivity contribution is 0.306. The fourth-order valence-corrected chi connectivity index (χ4v) is 1.09. The summed E-state index contributed by atoms with van der Waals surface area (Å²) in [4.78, 5) is 0. The van der Waals surface area contributed by atoms with E-state index in [0.717, 1.165) is 0 Å². The first kappa shape index (κ1) is 10.1. The third-order valence-corrected chi connectivity index (χ3v) is 1.73. The van der Waals surface area contributed by atoms with Crippen molar-refractivity contribution in [1.29, 1.82) is 0 Å². The van der Waals surface area contributed by atoms with Crippen LogP contribution >= 0.6 is 11.6 Å². The quantitative estimate of drug-likeness (QED) is 0.303. The number of hydrogen-bond donors (Lipinski definition) is 1. The van der Waals surface area contributed by atoms with Crippen LogP contribution in [0.25, 0.3) is 0 Å². The lowest BCUT2D eigenvalue weighted by atomic mass is 9.95. The van der Waals surface area contributed by atoms with Gasteiger partial charge in [-0.3, -0.25) is 0 Å². The molecular weight excluding hydrogens is 190 g/mol. The van der Waals surface area contributed by atoms with E-state index >= 15 is 0 Å². The Hall–Kier alpha value is -1.03. The van der Waals surface area contributed by atoms with Crippen LogP contribution < -0.4 is 0 Å². The van der Waals surface area contributed by atoms with Crippen LogP contribution in [0.2, 0.25) is 5.02 Å². The smallest absolute Gasteiger partial charge is 0.174 e. The molecule has 72 valence electrons. The van der Waals surface area contributed by atoms with E-state index in [1.54, 1.807) is 6.20 Å². The SMILES string of the molecule is CC(C)(C)C(=NO)n1cc(Cl)cn1. The van der Waals surface area contributed by atoms with Gasteiger partial charge in [-0.15, -0.1) is 0 Å². The van der Waals surface area contributed by atoms with Crippen LogP contribution in [0, 0.1) is 5.41 Å². The Morgan fingerprint density at radius 1 is 1.62 bits per heavy atom. The van der Waals surface area contributed by atoms with Crippen molar-refractivity contribution in [2.75, 3.05) is 0 Å². The molecule has 4 nitrogen and oxygen atoms in total. The van der Waals surface area contributed by atoms with Gasteiger partial charge in [0.2, 0.25) is 0 Å². The number of oxime groups is 1. The molecule has 0 unspecified atom stereocenters. The lowest BCUT2D eigenvalue weighted by Crippen LogP contribution is -2.28. The summed E-state index contributed by atoms with van der Waals surface area (Å²) in [6, 6.07) is 0. The topological polar surface area (TPSA) is 50.4 Å². The van der Waals surface area contributed by atoms with Gasteiger partial charge in [-0.1, -0.05) is 37.5 Å². The second-order valence-corrected chi connectivity index (χ2v) is 4.21. The number of aromatic nitrogens is 2. The molecule has 1 aromatic rings. The summed E-state index contributed by atoms with van der Waals surface area (Å²) >= 11 is 5.69. The first-order chi connectivity index (χ1) is 5.95. The van der Waals surface area contributed by atoms with Gasteiger partial charge in [-0.2, -0.15) is 5.10 Å². The summed E-state index contributed by atoms with van der Waals surface area (Å²) in [5.41, 5.74) is -0.274. The van der Waals surface area contributed by atoms with Crippen molar-refractivity contribution in [3.05, 3.63) is 17.4 Å². The highest BCUT2D eigenvalue weighted by molar-refractivity contribution is 6.30. The highest BCUT2D eigenvalue weighted by Gasteiger charge is 2.22. The van der Waals surface area contributed by atoms with E-state index in [1.165, 1.54) is 10.9 Å². The Morgan fingerprint density at radius 2 is 2.23 bits per heavy atom. The summed E-state index contributed by atoms with van der Waals surface area (Å²) in [5, 5.41) is 16.5. The van der Waals surface area contributed by atoms with Gasteiger partial charge < -0.3 is 5.21 Å². The Balaban J connectivity index is 3.06. The summed E-state index contributed by atoms with van der Waals surface area (Å²) in [6.45, 7) is 5.78. The molecule has 0 aliphatic heterocycles. The standard InChI is InChI=1S/C8H12ClN3O/c1-8(2,3)7(11-13)12-5-6(9)4-10-12/h4-5,13H,1-3H3. The van der Waals surface area contributed by atoms with Gasteiger partial charge in [0.15, 0.2) is 5.84 Å². The van der Waals surface area contributed by atoms with Crippen LogP contribution in [0.15, 0.2) is 17.5 Å². The molecule has 1 N–H and O–H groups in total. The first-order valence-corrected chi connectivity index (χ1v) is 4.26. The van der Waals surface area contributed by atoms with Crippen LogP contribution in [0.1, 0.15) is 20.8 Å². The minimum Gasteiger partial charge on any atom is -0.409 e. The maximum absolute atomic E-state index is 8.81. The Labute approximate surface area is 81.8 Å². The van der Waals surface area contributed by atoms with Crippen LogP contribution in [0.3, 0.4) is 0 Å². The number of rotatable bonds is 0. The van der Waals surface area contributed by atoms with Crippen LogP contribution in [-0.4, -0.2) is 20.8 Å². The molecule has 13 heavy (non-hydrogen) atoms. The summed E-state index contributed by atoms with van der Waals surface area (Å²) in [5.74, 6) is 0.458. The van der Waals surface area contributed by atoms with Crippen molar-refractivity contribution < 1.29 is 5.21 Å². The molecule has 0 spiro atoms. The maximum atomic E-state index is 8.81. The van der Waals surface area contributed by atoms with E-state index < -0.39 is 0 Å². The molecule has 0 aliphatic carbocycles. The van der Waals surface area contributed by atoms with Crippen LogP contribution in [0.4, 0.5) is 0 Å². The predicted molar refractivity (Wildman–Crippen MR) is 51.3 cm³/mol. The molecule has 0 atom stereocenters. The highest BCUT2D eigenvalue weighted by Crippen LogP contribution is 2.18. The maximum Gasteiger partial charge on any atom is 0.174 e. The van der Waals surface area contributed by atoms with E-state index in [1.807, 2.05) is 20.8 Å². The molecule has 0 fully saturated rings. The van der Waals surface area contributed by atoms with Gasteiger partial charge in [0.1, 0.15) is 0 Å². The third-order valence-electron chi connectivity index (χ3n) is 1.53. The lowest BCUT2D eigenvalue weighted by Gasteiger charge is -2.18. The van der Waals surface area contributed by atoms with Crippen molar-refractivity contribution in [2.24, 2.45) is 10.6 Å². The van der Waals surface area contributed by atoms with E-state index in [2.05, 4.69) is 10.3 Å². The van der Waals surface area contributed by atoms with Crippen molar-refractivity contribution in [2.45, 2.75) is 20.8 Å². The molecule has 1 heterocycles. The van der Waals surface area contributed by atoms with E-state index in [0.29, 0.717) is 10.9 Å². The minimum atomic E-state index is -0.274. The van der Waals surface area contributed by atoms with Gasteiger partial charge in [0.25, 0.3) is 0 Å². The normalized spacial score (nSPS) is 13.4. The molecule has 0 bridgehead atoms. The molecule has 0 amide bonds. The fourth-order valence-electron chi connectivity index (χ4n) is 0.956. The molecule has 0 aliphatic rings. The van der Waals surface area contributed by atoms with Gasteiger partial charge in [0.05, 0.1) is 17.4 Å². The van der Waals surface area contributed by atoms with Gasteiger partial charge in [0, 0.05) is 5.41 Å². The Bertz CT molecular complexity index is 324. The highest BCUT2D eigenvalue weighted by atomic mass is 35.5. The first-order valence-electron chi connectivity index (χ1n) is 3.88. The zero-order chi connectivity index (χ0) is 10.1. The largest absolute Gasteiger partial charge is 0.409 e. The van der Waals surface area contributed by atoms with Crippen LogP contribution in [-0.2, 0) is 0 Å². The zero-order valence-electron chi connectivity index (χ0n) is 7.82. The average molecular weight is 202 g/mol. The van der Waals surface area contributed by atoms with Gasteiger partial charge in [-0.25, -0.2) is 4.68 Å². The van der Waals surface area contributed by atoms with E-state index in [9.17, 15) is 0 Å². The third kappa shape index (κ3) is 2.21. The number of halogens is 1. The molecular formula is C8H12ClN3O. The molecule has 0 saturated heterocycles. The molecule has 5 heteroatoms. The Kier molecular flexibility index (Phi) is 2.61. The second kappa shape index (κ2) is 3.38. The number of nitrogens with zero attached hydrogens (tertiary/aromatic N) is 3. The molecule has 0 radical (unpaired) electrons. The molecule has 0 saturated carbocycles. The van der Waals surface area contributed by atoms with Gasteiger partial charge >= 0.3 is 0 Å². The zero-order valence-corrected chi connectivity index (χ0v) is 8.58. The molecule has 0 aromatic carbocycles. The fraction of sp³-hybridized carbons (Fsp3) is 0.500. The predicted octanol–water partition coefficient (Wildman–Crippen LogP) is 2.22. The average Bonchev–Trinajstić information content (AvgIpc) is 2.34. The summed E-state index contributed by atoms with van der Waals surface area (Å²) in [7, 11) is 0. The minimum absolute atomic E-state index is 0.274.